The van der Waals surface area contributed by atoms with Crippen LogP contribution in [0.3, 0.4) is 0 Å². The second kappa shape index (κ2) is 11.6. The smallest absolute Gasteiger partial charge is 0.328 e. The number of nitrogens with zero attached hydrogens (tertiary/aromatic N) is 2. The Labute approximate surface area is 196 Å². The Balaban J connectivity index is 0.000000312. The van der Waals surface area contributed by atoms with Gasteiger partial charge in [-0.25, -0.2) is 9.59 Å². The zero-order valence-electron chi connectivity index (χ0n) is 17.9. The Morgan fingerprint density at radius 2 is 1.78 bits per heavy atom. The molecule has 1 aromatic carbocycles. The van der Waals surface area contributed by atoms with E-state index in [9.17, 15) is 9.59 Å². The molecule has 7 nitrogen and oxygen atoms in total. The predicted molar refractivity (Wildman–Crippen MR) is 124 cm³/mol. The van der Waals surface area contributed by atoms with Crippen molar-refractivity contribution in [2.45, 2.75) is 19.0 Å². The van der Waals surface area contributed by atoms with Gasteiger partial charge in [0.2, 0.25) is 0 Å². The molecule has 0 aliphatic carbocycles. The van der Waals surface area contributed by atoms with Crippen LogP contribution >= 0.6 is 22.9 Å². The number of likely N-dealkylation sites (N-methyl/N-ethyl adjacent to an activating group) is 1. The van der Waals surface area contributed by atoms with Gasteiger partial charge >= 0.3 is 11.9 Å². The largest absolute Gasteiger partial charge is 0.478 e. The molecular formula is C23H27ClN2O5S. The molecule has 1 unspecified atom stereocenters. The van der Waals surface area contributed by atoms with Gasteiger partial charge in [0.25, 0.3) is 0 Å². The van der Waals surface area contributed by atoms with Gasteiger partial charge in [0.15, 0.2) is 0 Å². The Morgan fingerprint density at radius 3 is 2.38 bits per heavy atom. The van der Waals surface area contributed by atoms with Crippen LogP contribution in [-0.2, 0) is 27.4 Å². The lowest BCUT2D eigenvalue weighted by Gasteiger charge is -2.30. The molecule has 4 rings (SSSR count). The van der Waals surface area contributed by atoms with E-state index in [0.29, 0.717) is 18.1 Å². The SMILES string of the molecule is CN1Cc2sc(CN3CCOCC3)cc2C(c2ccc(Cl)cc2)C1.O=C(O)/C=C\C(=O)O. The number of carboxylic acid groups (broad SMARTS) is 2. The lowest BCUT2D eigenvalue weighted by atomic mass is 9.88. The fraction of sp³-hybridized carbons (Fsp3) is 0.391. The van der Waals surface area contributed by atoms with Crippen LogP contribution in [0.5, 0.6) is 0 Å². The molecule has 2 N–H and O–H groups in total. The van der Waals surface area contributed by atoms with Gasteiger partial charge in [-0.05, 0) is 36.4 Å². The number of aliphatic carboxylic acids is 2. The molecule has 1 saturated heterocycles. The fourth-order valence-corrected chi connectivity index (χ4v) is 5.30. The standard InChI is InChI=1S/C19H23ClN2OS.C4H4O4/c1-21-12-18(14-2-4-15(20)5-3-14)17-10-16(24-19(17)13-21)11-22-6-8-23-9-7-22;5-3(6)1-2-4(7)8/h2-5,10,18H,6-9,11-13H2,1H3;1-2H,(H,5,6)(H,7,8)/b;2-1-. The van der Waals surface area contributed by atoms with Gasteiger partial charge < -0.3 is 19.8 Å². The lowest BCUT2D eigenvalue weighted by molar-refractivity contribution is -0.134. The molecule has 0 saturated carbocycles. The third-order valence-electron chi connectivity index (χ3n) is 5.30. The minimum atomic E-state index is -1.26. The van der Waals surface area contributed by atoms with Crippen LogP contribution in [0.2, 0.25) is 5.02 Å². The van der Waals surface area contributed by atoms with E-state index in [4.69, 9.17) is 26.6 Å². The van der Waals surface area contributed by atoms with E-state index in [0.717, 1.165) is 51.0 Å². The van der Waals surface area contributed by atoms with Crippen LogP contribution in [-0.4, -0.2) is 71.8 Å². The van der Waals surface area contributed by atoms with Crippen molar-refractivity contribution in [2.75, 3.05) is 39.9 Å². The number of benzene rings is 1. The van der Waals surface area contributed by atoms with Gasteiger partial charge in [-0.3, -0.25) is 4.90 Å². The first-order valence-electron chi connectivity index (χ1n) is 10.3. The summed E-state index contributed by atoms with van der Waals surface area (Å²) >= 11 is 8.05. The van der Waals surface area contributed by atoms with Crippen LogP contribution in [0, 0.1) is 0 Å². The number of fused-ring (bicyclic) bond motifs is 1. The summed E-state index contributed by atoms with van der Waals surface area (Å²) in [5.74, 6) is -2.06. The molecule has 2 aliphatic rings. The maximum Gasteiger partial charge on any atom is 0.328 e. The molecule has 172 valence electrons. The van der Waals surface area contributed by atoms with E-state index >= 15 is 0 Å². The highest BCUT2D eigenvalue weighted by Gasteiger charge is 2.27. The number of rotatable bonds is 5. The lowest BCUT2D eigenvalue weighted by Crippen LogP contribution is -2.35. The summed E-state index contributed by atoms with van der Waals surface area (Å²) in [4.78, 5) is 27.0. The molecular weight excluding hydrogens is 452 g/mol. The normalized spacial score (nSPS) is 19.2. The molecule has 0 spiro atoms. The average Bonchev–Trinajstić information content (AvgIpc) is 3.15. The summed E-state index contributed by atoms with van der Waals surface area (Å²) in [6.07, 6.45) is 1.12. The Hall–Kier alpha value is -2.23. The summed E-state index contributed by atoms with van der Waals surface area (Å²) in [5.41, 5.74) is 2.88. The van der Waals surface area contributed by atoms with E-state index in [1.165, 1.54) is 20.9 Å². The maximum atomic E-state index is 9.55. The van der Waals surface area contributed by atoms with E-state index in [1.54, 1.807) is 0 Å². The fourth-order valence-electron chi connectivity index (χ4n) is 3.82. The molecule has 1 aromatic heterocycles. The highest BCUT2D eigenvalue weighted by Crippen LogP contribution is 2.38. The molecule has 1 atom stereocenters. The maximum absolute atomic E-state index is 9.55. The summed E-state index contributed by atoms with van der Waals surface area (Å²) in [5, 5.41) is 16.4. The molecule has 9 heteroatoms. The number of hydrogen-bond acceptors (Lipinski definition) is 6. The summed E-state index contributed by atoms with van der Waals surface area (Å²) in [7, 11) is 2.22. The monoisotopic (exact) mass is 478 g/mol. The minimum Gasteiger partial charge on any atom is -0.478 e. The van der Waals surface area contributed by atoms with Crippen molar-refractivity contribution in [3.8, 4) is 0 Å². The Bertz CT molecular complexity index is 938. The van der Waals surface area contributed by atoms with E-state index in [2.05, 4.69) is 35.0 Å². The van der Waals surface area contributed by atoms with E-state index in [1.807, 2.05) is 23.5 Å². The summed E-state index contributed by atoms with van der Waals surface area (Å²) < 4.78 is 5.46. The Morgan fingerprint density at radius 1 is 1.16 bits per heavy atom. The van der Waals surface area contributed by atoms with Crippen molar-refractivity contribution in [1.82, 2.24) is 9.80 Å². The molecule has 0 radical (unpaired) electrons. The second-order valence-electron chi connectivity index (χ2n) is 7.79. The summed E-state index contributed by atoms with van der Waals surface area (Å²) in [6, 6.07) is 10.8. The first-order chi connectivity index (χ1) is 15.3. The third kappa shape index (κ3) is 7.15. The highest BCUT2D eigenvalue weighted by atomic mass is 35.5. The van der Waals surface area contributed by atoms with Crippen LogP contribution in [0.25, 0.3) is 0 Å². The van der Waals surface area contributed by atoms with Crippen molar-refractivity contribution >= 4 is 34.9 Å². The first kappa shape index (κ1) is 24.4. The highest BCUT2D eigenvalue weighted by molar-refractivity contribution is 7.12. The van der Waals surface area contributed by atoms with Crippen molar-refractivity contribution in [3.63, 3.8) is 0 Å². The van der Waals surface area contributed by atoms with Gasteiger partial charge in [-0.2, -0.15) is 0 Å². The quantitative estimate of drug-likeness (QED) is 0.635. The summed E-state index contributed by atoms with van der Waals surface area (Å²) in [6.45, 7) is 7.00. The molecule has 3 heterocycles. The van der Waals surface area contributed by atoms with E-state index in [-0.39, 0.29) is 0 Å². The third-order valence-corrected chi connectivity index (χ3v) is 6.67. The van der Waals surface area contributed by atoms with E-state index < -0.39 is 11.9 Å². The van der Waals surface area contributed by atoms with Gasteiger partial charge in [0.1, 0.15) is 0 Å². The molecule has 0 bridgehead atoms. The second-order valence-corrected chi connectivity index (χ2v) is 9.45. The Kier molecular flexibility index (Phi) is 8.84. The minimum absolute atomic E-state index is 0.450. The van der Waals surface area contributed by atoms with Crippen LogP contribution in [0.15, 0.2) is 42.5 Å². The molecule has 2 aromatic rings. The van der Waals surface area contributed by atoms with Crippen molar-refractivity contribution < 1.29 is 24.5 Å². The van der Waals surface area contributed by atoms with Crippen molar-refractivity contribution in [3.05, 3.63) is 68.4 Å². The van der Waals surface area contributed by atoms with Crippen LogP contribution in [0.4, 0.5) is 0 Å². The zero-order chi connectivity index (χ0) is 23.1. The topological polar surface area (TPSA) is 90.3 Å². The molecule has 32 heavy (non-hydrogen) atoms. The predicted octanol–water partition coefficient (Wildman–Crippen LogP) is 3.52. The number of carbonyl (C=O) groups is 2. The molecule has 2 aliphatic heterocycles. The van der Waals surface area contributed by atoms with Gasteiger partial charge in [-0.15, -0.1) is 11.3 Å². The van der Waals surface area contributed by atoms with Gasteiger partial charge in [0.05, 0.1) is 13.2 Å². The van der Waals surface area contributed by atoms with Crippen LogP contribution in [0.1, 0.15) is 26.8 Å². The number of ether oxygens (including phenoxy) is 1. The zero-order valence-corrected chi connectivity index (χ0v) is 19.4. The molecule has 1 fully saturated rings. The van der Waals surface area contributed by atoms with Crippen LogP contribution < -0.4 is 0 Å². The van der Waals surface area contributed by atoms with Crippen molar-refractivity contribution in [1.29, 1.82) is 0 Å². The molecule has 0 amide bonds. The number of morpholine rings is 1. The average molecular weight is 479 g/mol. The number of hydrogen-bond donors (Lipinski definition) is 2. The number of halogens is 1. The first-order valence-corrected chi connectivity index (χ1v) is 11.5. The number of carboxylic acids is 2. The number of thiophene rings is 1. The van der Waals surface area contributed by atoms with Crippen molar-refractivity contribution in [2.24, 2.45) is 0 Å². The van der Waals surface area contributed by atoms with Gasteiger partial charge in [0, 0.05) is 65.6 Å². The van der Waals surface area contributed by atoms with Gasteiger partial charge in [-0.1, -0.05) is 23.7 Å².